The summed E-state index contributed by atoms with van der Waals surface area (Å²) >= 11 is 1.40. The first kappa shape index (κ1) is 14.7. The summed E-state index contributed by atoms with van der Waals surface area (Å²) in [5.41, 5.74) is 7.27. The highest BCUT2D eigenvalue weighted by Gasteiger charge is 2.35. The summed E-state index contributed by atoms with van der Waals surface area (Å²) in [5.74, 6) is -0.218. The first-order chi connectivity index (χ1) is 10.7. The fraction of sp³-hybridized carbons (Fsp3) is 0.312. The molecule has 22 heavy (non-hydrogen) atoms. The van der Waals surface area contributed by atoms with Crippen molar-refractivity contribution in [2.24, 2.45) is 11.7 Å². The van der Waals surface area contributed by atoms with Gasteiger partial charge >= 0.3 is 0 Å². The van der Waals surface area contributed by atoms with Crippen LogP contribution in [0.15, 0.2) is 35.8 Å². The number of aromatic nitrogens is 1. The van der Waals surface area contributed by atoms with E-state index in [1.54, 1.807) is 29.3 Å². The molecule has 1 aliphatic rings. The molecule has 1 amide bonds. The average molecular weight is 312 g/mol. The van der Waals surface area contributed by atoms with Crippen molar-refractivity contribution in [2.75, 3.05) is 4.90 Å². The standard InChI is InChI=1S/C16H16N4OS/c17-10-11-3-1-4-12(9-11)20(16-19-7-8-22-16)15(21)13-5-2-6-14(13)18/h1,3-4,7-9,13-14H,2,5-6,18H2. The number of nitrogens with zero attached hydrogens (tertiary/aromatic N) is 3. The predicted octanol–water partition coefficient (Wildman–Crippen LogP) is 2.81. The lowest BCUT2D eigenvalue weighted by molar-refractivity contribution is -0.121. The Morgan fingerprint density at radius 3 is 2.95 bits per heavy atom. The molecule has 5 nitrogen and oxygen atoms in total. The Bertz CT molecular complexity index is 707. The van der Waals surface area contributed by atoms with Gasteiger partial charge in [-0.05, 0) is 31.0 Å². The van der Waals surface area contributed by atoms with Crippen molar-refractivity contribution in [3.05, 3.63) is 41.4 Å². The molecule has 0 bridgehead atoms. The van der Waals surface area contributed by atoms with Gasteiger partial charge in [0.15, 0.2) is 5.13 Å². The maximum absolute atomic E-state index is 13.0. The van der Waals surface area contributed by atoms with Gasteiger partial charge in [0, 0.05) is 17.6 Å². The Morgan fingerprint density at radius 1 is 1.45 bits per heavy atom. The smallest absolute Gasteiger partial charge is 0.238 e. The van der Waals surface area contributed by atoms with Crippen LogP contribution >= 0.6 is 11.3 Å². The molecule has 1 saturated carbocycles. The molecule has 6 heteroatoms. The highest BCUT2D eigenvalue weighted by molar-refractivity contribution is 7.13. The highest BCUT2D eigenvalue weighted by Crippen LogP contribution is 2.34. The number of thiazole rings is 1. The summed E-state index contributed by atoms with van der Waals surface area (Å²) < 4.78 is 0. The van der Waals surface area contributed by atoms with Crippen LogP contribution in [0.2, 0.25) is 0 Å². The molecular weight excluding hydrogens is 296 g/mol. The average Bonchev–Trinajstić information content (AvgIpc) is 3.19. The molecule has 2 unspecified atom stereocenters. The van der Waals surface area contributed by atoms with Crippen LogP contribution in [0.3, 0.4) is 0 Å². The van der Waals surface area contributed by atoms with Crippen molar-refractivity contribution in [3.63, 3.8) is 0 Å². The second-order valence-corrected chi connectivity index (χ2v) is 6.22. The van der Waals surface area contributed by atoms with Gasteiger partial charge in [0.25, 0.3) is 0 Å². The van der Waals surface area contributed by atoms with Crippen molar-refractivity contribution in [2.45, 2.75) is 25.3 Å². The Kier molecular flexibility index (Phi) is 4.18. The van der Waals surface area contributed by atoms with Crippen LogP contribution in [-0.2, 0) is 4.79 Å². The zero-order chi connectivity index (χ0) is 15.5. The maximum Gasteiger partial charge on any atom is 0.238 e. The van der Waals surface area contributed by atoms with E-state index >= 15 is 0 Å². The lowest BCUT2D eigenvalue weighted by Gasteiger charge is -2.25. The van der Waals surface area contributed by atoms with Crippen LogP contribution in [0.1, 0.15) is 24.8 Å². The minimum absolute atomic E-state index is 0.0324. The van der Waals surface area contributed by atoms with E-state index in [9.17, 15) is 4.79 Å². The second kappa shape index (κ2) is 6.26. The molecule has 112 valence electrons. The Balaban J connectivity index is 2.01. The van der Waals surface area contributed by atoms with E-state index < -0.39 is 0 Å². The largest absolute Gasteiger partial charge is 0.327 e. The molecule has 0 radical (unpaired) electrons. The molecule has 3 rings (SSSR count). The summed E-state index contributed by atoms with van der Waals surface area (Å²) in [6.07, 6.45) is 4.32. The van der Waals surface area contributed by atoms with Gasteiger partial charge in [-0.15, -0.1) is 11.3 Å². The van der Waals surface area contributed by atoms with Crippen LogP contribution in [0, 0.1) is 17.2 Å². The lowest BCUT2D eigenvalue weighted by Crippen LogP contribution is -2.39. The monoisotopic (exact) mass is 312 g/mol. The zero-order valence-corrected chi connectivity index (χ0v) is 12.8. The first-order valence-corrected chi connectivity index (χ1v) is 8.08. The number of hydrogen-bond donors (Lipinski definition) is 1. The van der Waals surface area contributed by atoms with E-state index in [2.05, 4.69) is 11.1 Å². The summed E-state index contributed by atoms with van der Waals surface area (Å²) in [6, 6.07) is 9.02. The molecule has 1 aromatic heterocycles. The number of carbonyl (C=O) groups excluding carboxylic acids is 1. The van der Waals surface area contributed by atoms with Gasteiger partial charge in [-0.2, -0.15) is 5.26 Å². The van der Waals surface area contributed by atoms with Gasteiger partial charge in [0.1, 0.15) is 0 Å². The molecule has 2 N–H and O–H groups in total. The van der Waals surface area contributed by atoms with Gasteiger partial charge < -0.3 is 5.73 Å². The molecular formula is C16H16N4OS. The SMILES string of the molecule is N#Cc1cccc(N(C(=O)C2CCCC2N)c2nccs2)c1. The van der Waals surface area contributed by atoms with E-state index in [0.717, 1.165) is 19.3 Å². The Morgan fingerprint density at radius 2 is 2.32 bits per heavy atom. The first-order valence-electron chi connectivity index (χ1n) is 7.20. The number of carbonyl (C=O) groups is 1. The summed E-state index contributed by atoms with van der Waals surface area (Å²) in [7, 11) is 0. The van der Waals surface area contributed by atoms with Crippen molar-refractivity contribution < 1.29 is 4.79 Å². The predicted molar refractivity (Wildman–Crippen MR) is 85.7 cm³/mol. The van der Waals surface area contributed by atoms with Gasteiger partial charge in [-0.3, -0.25) is 9.69 Å². The van der Waals surface area contributed by atoms with Crippen LogP contribution < -0.4 is 10.6 Å². The minimum atomic E-state index is -0.186. The van der Waals surface area contributed by atoms with Gasteiger partial charge in [-0.25, -0.2) is 4.98 Å². The van der Waals surface area contributed by atoms with Crippen molar-refractivity contribution in [1.82, 2.24) is 4.98 Å². The number of nitrogens with two attached hydrogens (primary N) is 1. The van der Waals surface area contributed by atoms with Gasteiger partial charge in [0.05, 0.1) is 23.2 Å². The normalized spacial score (nSPS) is 20.5. The molecule has 2 aromatic rings. The minimum Gasteiger partial charge on any atom is -0.327 e. The maximum atomic E-state index is 13.0. The van der Waals surface area contributed by atoms with E-state index in [-0.39, 0.29) is 17.9 Å². The summed E-state index contributed by atoms with van der Waals surface area (Å²) in [5, 5.41) is 11.5. The number of amides is 1. The van der Waals surface area contributed by atoms with E-state index in [1.165, 1.54) is 11.3 Å². The molecule has 2 atom stereocenters. The third kappa shape index (κ3) is 2.73. The van der Waals surface area contributed by atoms with E-state index in [4.69, 9.17) is 11.0 Å². The zero-order valence-electron chi connectivity index (χ0n) is 12.0. The third-order valence-corrected chi connectivity index (χ3v) is 4.71. The molecule has 1 aromatic carbocycles. The molecule has 1 aliphatic carbocycles. The Labute approximate surface area is 133 Å². The molecule has 0 aliphatic heterocycles. The fourth-order valence-electron chi connectivity index (χ4n) is 2.83. The van der Waals surface area contributed by atoms with Crippen LogP contribution in [-0.4, -0.2) is 16.9 Å². The molecule has 0 spiro atoms. The third-order valence-electron chi connectivity index (χ3n) is 3.95. The van der Waals surface area contributed by atoms with Gasteiger partial charge in [-0.1, -0.05) is 12.5 Å². The van der Waals surface area contributed by atoms with Gasteiger partial charge in [0.2, 0.25) is 5.91 Å². The second-order valence-electron chi connectivity index (χ2n) is 5.35. The van der Waals surface area contributed by atoms with E-state index in [0.29, 0.717) is 16.4 Å². The fourth-order valence-corrected chi connectivity index (χ4v) is 3.50. The highest BCUT2D eigenvalue weighted by atomic mass is 32.1. The lowest BCUT2D eigenvalue weighted by atomic mass is 10.0. The number of nitriles is 1. The van der Waals surface area contributed by atoms with Crippen LogP contribution in [0.5, 0.6) is 0 Å². The summed E-state index contributed by atoms with van der Waals surface area (Å²) in [4.78, 5) is 18.8. The van der Waals surface area contributed by atoms with Crippen molar-refractivity contribution in [3.8, 4) is 6.07 Å². The molecule has 0 saturated heterocycles. The summed E-state index contributed by atoms with van der Waals surface area (Å²) in [6.45, 7) is 0. The number of rotatable bonds is 3. The van der Waals surface area contributed by atoms with Crippen molar-refractivity contribution >= 4 is 28.1 Å². The quantitative estimate of drug-likeness (QED) is 0.944. The van der Waals surface area contributed by atoms with Crippen molar-refractivity contribution in [1.29, 1.82) is 5.26 Å². The van der Waals surface area contributed by atoms with Crippen LogP contribution in [0.25, 0.3) is 0 Å². The Hall–Kier alpha value is -2.23. The number of benzene rings is 1. The molecule has 1 heterocycles. The van der Waals surface area contributed by atoms with E-state index in [1.807, 2.05) is 11.4 Å². The topological polar surface area (TPSA) is 83.0 Å². The number of hydrogen-bond acceptors (Lipinski definition) is 5. The number of anilines is 2. The van der Waals surface area contributed by atoms with Crippen LogP contribution in [0.4, 0.5) is 10.8 Å². The molecule has 1 fully saturated rings.